The Morgan fingerprint density at radius 1 is 1.03 bits per heavy atom. The lowest BCUT2D eigenvalue weighted by molar-refractivity contribution is -0.112. The van der Waals surface area contributed by atoms with Crippen molar-refractivity contribution in [3.05, 3.63) is 91.4 Å². The molecule has 33 heavy (non-hydrogen) atoms. The minimum absolute atomic E-state index is 0.115. The number of hydrogen-bond donors (Lipinski definition) is 1. The minimum Gasteiger partial charge on any atom is -0.493 e. The minimum atomic E-state index is -0.656. The third-order valence-electron chi connectivity index (χ3n) is 4.46. The van der Waals surface area contributed by atoms with E-state index in [2.05, 4.69) is 5.32 Å². The Hall–Kier alpha value is -2.88. The van der Waals surface area contributed by atoms with Gasteiger partial charge >= 0.3 is 0 Å². The van der Waals surface area contributed by atoms with E-state index in [1.54, 1.807) is 48.5 Å². The summed E-state index contributed by atoms with van der Waals surface area (Å²) in [6.45, 7) is 0.115. The van der Waals surface area contributed by atoms with Gasteiger partial charge in [-0.25, -0.2) is 0 Å². The molecule has 0 heterocycles. The van der Waals surface area contributed by atoms with Crippen LogP contribution in [0.15, 0.2) is 60.2 Å². The molecule has 0 saturated heterocycles. The topological polar surface area (TPSA) is 71.3 Å². The number of carbonyl (C=O) groups is 1. The summed E-state index contributed by atoms with van der Waals surface area (Å²) in [5.41, 5.74) is 1.28. The Morgan fingerprint density at radius 2 is 1.76 bits per heavy atom. The third kappa shape index (κ3) is 6.34. The van der Waals surface area contributed by atoms with Gasteiger partial charge in [0.15, 0.2) is 11.5 Å². The number of ether oxygens (including phenoxy) is 2. The third-order valence-corrected chi connectivity index (χ3v) is 5.61. The molecule has 0 aliphatic carbocycles. The summed E-state index contributed by atoms with van der Waals surface area (Å²) < 4.78 is 11.4. The Bertz CT molecular complexity index is 1270. The molecular weight excluding hydrogens is 506 g/mol. The van der Waals surface area contributed by atoms with Crippen LogP contribution in [0, 0.1) is 11.3 Å². The van der Waals surface area contributed by atoms with Gasteiger partial charge in [0.1, 0.15) is 18.2 Å². The number of halogens is 4. The van der Waals surface area contributed by atoms with Crippen molar-refractivity contribution in [3.8, 4) is 17.6 Å². The summed E-state index contributed by atoms with van der Waals surface area (Å²) in [4.78, 5) is 12.7. The van der Waals surface area contributed by atoms with Crippen LogP contribution in [-0.2, 0) is 11.4 Å². The highest BCUT2D eigenvalue weighted by Gasteiger charge is 2.16. The number of para-hydroxylation sites is 1. The molecule has 168 valence electrons. The molecule has 0 aromatic heterocycles. The molecular formula is C24H16Cl4N2O3. The highest BCUT2D eigenvalue weighted by Crippen LogP contribution is 2.34. The van der Waals surface area contributed by atoms with E-state index in [1.807, 2.05) is 6.07 Å². The van der Waals surface area contributed by atoms with Crippen LogP contribution < -0.4 is 14.8 Å². The number of nitriles is 1. The fourth-order valence-electron chi connectivity index (χ4n) is 2.84. The molecule has 3 rings (SSSR count). The van der Waals surface area contributed by atoms with E-state index in [0.717, 1.165) is 0 Å². The fourth-order valence-corrected chi connectivity index (χ4v) is 3.64. The van der Waals surface area contributed by atoms with Crippen LogP contribution in [0.5, 0.6) is 11.5 Å². The fraction of sp³-hybridized carbons (Fsp3) is 0.0833. The smallest absolute Gasteiger partial charge is 0.266 e. The van der Waals surface area contributed by atoms with E-state index < -0.39 is 5.91 Å². The quantitative estimate of drug-likeness (QED) is 0.259. The Kier molecular flexibility index (Phi) is 8.49. The highest BCUT2D eigenvalue weighted by atomic mass is 35.5. The van der Waals surface area contributed by atoms with Crippen LogP contribution in [0.1, 0.15) is 11.1 Å². The maximum atomic E-state index is 12.7. The maximum absolute atomic E-state index is 12.7. The van der Waals surface area contributed by atoms with Crippen molar-refractivity contribution in [1.29, 1.82) is 5.26 Å². The normalized spacial score (nSPS) is 11.0. The first-order valence-corrected chi connectivity index (χ1v) is 11.0. The van der Waals surface area contributed by atoms with Gasteiger partial charge in [0.25, 0.3) is 5.91 Å². The first kappa shape index (κ1) is 24.8. The van der Waals surface area contributed by atoms with Gasteiger partial charge in [-0.3, -0.25) is 4.79 Å². The molecule has 3 aromatic carbocycles. The highest BCUT2D eigenvalue weighted by molar-refractivity contribution is 6.36. The molecule has 9 heteroatoms. The van der Waals surface area contributed by atoms with Crippen LogP contribution in [0.25, 0.3) is 6.08 Å². The summed E-state index contributed by atoms with van der Waals surface area (Å²) >= 11 is 24.3. The van der Waals surface area contributed by atoms with E-state index in [-0.39, 0.29) is 22.9 Å². The molecule has 0 radical (unpaired) electrons. The second-order valence-corrected chi connectivity index (χ2v) is 8.34. The number of anilines is 1. The standard InChI is InChI=1S/C24H16Cl4N2O3/c1-32-22-4-2-3-14(23(22)33-13-15-5-6-17(25)10-20(15)28)9-16(12-29)24(31)30-21-11-18(26)7-8-19(21)27/h2-11H,13H2,1H3,(H,30,31)/b16-9+. The maximum Gasteiger partial charge on any atom is 0.266 e. The average molecular weight is 522 g/mol. The molecule has 0 saturated carbocycles. The lowest BCUT2D eigenvalue weighted by atomic mass is 10.1. The SMILES string of the molecule is COc1cccc(/C=C(\C#N)C(=O)Nc2cc(Cl)ccc2Cl)c1OCc1ccc(Cl)cc1Cl. The van der Waals surface area contributed by atoms with E-state index in [1.165, 1.54) is 19.3 Å². The lowest BCUT2D eigenvalue weighted by Crippen LogP contribution is -2.14. The summed E-state index contributed by atoms with van der Waals surface area (Å²) in [6.07, 6.45) is 1.40. The Balaban J connectivity index is 1.91. The first-order chi connectivity index (χ1) is 15.8. The number of nitrogens with zero attached hydrogens (tertiary/aromatic N) is 1. The van der Waals surface area contributed by atoms with Crippen LogP contribution in [0.2, 0.25) is 20.1 Å². The lowest BCUT2D eigenvalue weighted by Gasteiger charge is -2.14. The van der Waals surface area contributed by atoms with Gasteiger partial charge in [-0.1, -0.05) is 64.6 Å². The molecule has 0 bridgehead atoms. The van der Waals surface area contributed by atoms with Crippen molar-refractivity contribution in [1.82, 2.24) is 0 Å². The molecule has 3 aromatic rings. The number of methoxy groups -OCH3 is 1. The largest absolute Gasteiger partial charge is 0.493 e. The summed E-state index contributed by atoms with van der Waals surface area (Å²) in [5.74, 6) is 0.105. The van der Waals surface area contributed by atoms with Crippen LogP contribution >= 0.6 is 46.4 Å². The van der Waals surface area contributed by atoms with Gasteiger partial charge in [-0.2, -0.15) is 5.26 Å². The van der Waals surface area contributed by atoms with Crippen molar-refractivity contribution in [3.63, 3.8) is 0 Å². The average Bonchev–Trinajstić information content (AvgIpc) is 2.79. The van der Waals surface area contributed by atoms with Gasteiger partial charge in [0, 0.05) is 26.2 Å². The van der Waals surface area contributed by atoms with Crippen LogP contribution in [0.4, 0.5) is 5.69 Å². The molecule has 5 nitrogen and oxygen atoms in total. The van der Waals surface area contributed by atoms with Gasteiger partial charge in [-0.05, 0) is 42.5 Å². The zero-order valence-corrected chi connectivity index (χ0v) is 20.2. The molecule has 0 aliphatic heterocycles. The van der Waals surface area contributed by atoms with Gasteiger partial charge in [0.2, 0.25) is 0 Å². The second kappa shape index (κ2) is 11.3. The Labute approximate surface area is 211 Å². The molecule has 0 fully saturated rings. The number of hydrogen-bond acceptors (Lipinski definition) is 4. The first-order valence-electron chi connectivity index (χ1n) is 9.44. The van der Waals surface area contributed by atoms with Crippen LogP contribution in [-0.4, -0.2) is 13.0 Å². The van der Waals surface area contributed by atoms with Crippen molar-refractivity contribution < 1.29 is 14.3 Å². The molecule has 0 spiro atoms. The predicted octanol–water partition coefficient (Wildman–Crippen LogP) is 7.43. The van der Waals surface area contributed by atoms with E-state index in [9.17, 15) is 10.1 Å². The number of benzene rings is 3. The number of rotatable bonds is 7. The van der Waals surface area contributed by atoms with Crippen molar-refractivity contribution in [2.75, 3.05) is 12.4 Å². The van der Waals surface area contributed by atoms with Crippen molar-refractivity contribution in [2.45, 2.75) is 6.61 Å². The van der Waals surface area contributed by atoms with E-state index in [4.69, 9.17) is 55.9 Å². The summed E-state index contributed by atoms with van der Waals surface area (Å²) in [5, 5.41) is 13.8. The summed E-state index contributed by atoms with van der Waals surface area (Å²) in [7, 11) is 1.49. The zero-order chi connectivity index (χ0) is 24.0. The monoisotopic (exact) mass is 520 g/mol. The zero-order valence-electron chi connectivity index (χ0n) is 17.2. The van der Waals surface area contributed by atoms with Gasteiger partial charge in [0.05, 0.1) is 17.8 Å². The van der Waals surface area contributed by atoms with Gasteiger partial charge < -0.3 is 14.8 Å². The molecule has 0 unspecified atom stereocenters. The molecule has 0 aliphatic rings. The van der Waals surface area contributed by atoms with Gasteiger partial charge in [-0.15, -0.1) is 0 Å². The van der Waals surface area contributed by atoms with Crippen molar-refractivity contribution >= 4 is 64.1 Å². The van der Waals surface area contributed by atoms with E-state index >= 15 is 0 Å². The van der Waals surface area contributed by atoms with Crippen LogP contribution in [0.3, 0.4) is 0 Å². The number of nitrogens with one attached hydrogen (secondary N) is 1. The second-order valence-electron chi connectivity index (χ2n) is 6.65. The predicted molar refractivity (Wildman–Crippen MR) is 132 cm³/mol. The number of carbonyl (C=O) groups excluding carboxylic acids is 1. The number of amides is 1. The molecule has 1 N–H and O–H groups in total. The molecule has 1 amide bonds. The summed E-state index contributed by atoms with van der Waals surface area (Å²) in [6, 6.07) is 16.7. The molecule has 0 atom stereocenters. The Morgan fingerprint density at radius 3 is 2.45 bits per heavy atom. The van der Waals surface area contributed by atoms with E-state index in [0.29, 0.717) is 37.7 Å². The van der Waals surface area contributed by atoms with Crippen molar-refractivity contribution in [2.24, 2.45) is 0 Å².